The van der Waals surface area contributed by atoms with Gasteiger partial charge in [0.05, 0.1) is 10.3 Å². The number of hydrogen-bond acceptors (Lipinski definition) is 4. The minimum absolute atomic E-state index is 0.0588. The van der Waals surface area contributed by atoms with E-state index in [0.29, 0.717) is 31.5 Å². The number of piperidine rings is 1. The van der Waals surface area contributed by atoms with Crippen LogP contribution >= 0.6 is 0 Å². The summed E-state index contributed by atoms with van der Waals surface area (Å²) in [6.45, 7) is 2.77. The van der Waals surface area contributed by atoms with Crippen molar-refractivity contribution in [3.05, 3.63) is 29.3 Å². The first kappa shape index (κ1) is 18.8. The van der Waals surface area contributed by atoms with Crippen LogP contribution < -0.4 is 5.32 Å². The van der Waals surface area contributed by atoms with Crippen molar-refractivity contribution < 1.29 is 23.1 Å². The van der Waals surface area contributed by atoms with E-state index in [0.717, 1.165) is 19.3 Å². The van der Waals surface area contributed by atoms with Crippen molar-refractivity contribution in [3.8, 4) is 0 Å². The number of carboxylic acid groups (broad SMARTS) is 1. The molecular weight excluding hydrogens is 356 g/mol. The number of amides is 1. The van der Waals surface area contributed by atoms with Gasteiger partial charge in [-0.3, -0.25) is 9.59 Å². The van der Waals surface area contributed by atoms with Crippen LogP contribution in [0.5, 0.6) is 0 Å². The third-order valence-corrected chi connectivity index (χ3v) is 7.32. The van der Waals surface area contributed by atoms with Crippen molar-refractivity contribution in [2.45, 2.75) is 43.9 Å². The van der Waals surface area contributed by atoms with Gasteiger partial charge in [0.2, 0.25) is 10.0 Å². The molecule has 142 valence electrons. The number of aliphatic carboxylic acids is 1. The molecule has 2 fully saturated rings. The van der Waals surface area contributed by atoms with Crippen molar-refractivity contribution >= 4 is 21.9 Å². The van der Waals surface area contributed by atoms with E-state index in [9.17, 15) is 23.1 Å². The van der Waals surface area contributed by atoms with Crippen LogP contribution in [0.4, 0.5) is 0 Å². The summed E-state index contributed by atoms with van der Waals surface area (Å²) in [5.74, 6) is -1.36. The number of benzene rings is 1. The minimum atomic E-state index is -3.63. The first-order valence-electron chi connectivity index (χ1n) is 8.89. The number of carbonyl (C=O) groups excluding carboxylic acids is 1. The fourth-order valence-electron chi connectivity index (χ4n) is 3.23. The second kappa shape index (κ2) is 7.00. The topological polar surface area (TPSA) is 104 Å². The Morgan fingerprint density at radius 2 is 1.85 bits per heavy atom. The van der Waals surface area contributed by atoms with E-state index < -0.39 is 27.3 Å². The molecule has 8 heteroatoms. The fraction of sp³-hybridized carbons (Fsp3) is 0.556. The zero-order valence-electron chi connectivity index (χ0n) is 14.8. The lowest BCUT2D eigenvalue weighted by molar-refractivity contribution is -0.143. The van der Waals surface area contributed by atoms with E-state index >= 15 is 0 Å². The summed E-state index contributed by atoms with van der Waals surface area (Å²) in [6.07, 6.45) is 3.81. The lowest BCUT2D eigenvalue weighted by atomic mass is 10.1. The van der Waals surface area contributed by atoms with Crippen LogP contribution in [0.2, 0.25) is 0 Å². The molecule has 26 heavy (non-hydrogen) atoms. The zero-order chi connectivity index (χ0) is 18.9. The van der Waals surface area contributed by atoms with E-state index in [1.165, 1.54) is 10.4 Å². The van der Waals surface area contributed by atoms with Gasteiger partial charge in [0.15, 0.2) is 0 Å². The molecule has 2 aliphatic rings. The maximum atomic E-state index is 12.9. The summed E-state index contributed by atoms with van der Waals surface area (Å²) >= 11 is 0. The second-order valence-electron chi connectivity index (χ2n) is 7.21. The highest BCUT2D eigenvalue weighted by Crippen LogP contribution is 2.45. The molecule has 0 atom stereocenters. The molecule has 1 saturated heterocycles. The molecule has 2 N–H and O–H groups in total. The smallest absolute Gasteiger partial charge is 0.311 e. The predicted molar refractivity (Wildman–Crippen MR) is 95.4 cm³/mol. The fourth-order valence-corrected chi connectivity index (χ4v) is 5.00. The molecule has 0 spiro atoms. The number of rotatable bonds is 6. The highest BCUT2D eigenvalue weighted by Gasteiger charge is 2.50. The predicted octanol–water partition coefficient (Wildman–Crippen LogP) is 1.76. The molecule has 1 heterocycles. The molecule has 0 radical (unpaired) electrons. The molecule has 0 bridgehead atoms. The van der Waals surface area contributed by atoms with Crippen LogP contribution in [0, 0.1) is 12.3 Å². The zero-order valence-corrected chi connectivity index (χ0v) is 15.6. The average Bonchev–Trinajstić information content (AvgIpc) is 3.42. The molecule has 1 aromatic carbocycles. The number of carboxylic acids is 1. The Bertz CT molecular complexity index is 824. The third-order valence-electron chi connectivity index (χ3n) is 5.28. The molecule has 3 rings (SSSR count). The highest BCUT2D eigenvalue weighted by atomic mass is 32.2. The van der Waals surface area contributed by atoms with E-state index in [1.807, 2.05) is 0 Å². The maximum absolute atomic E-state index is 12.9. The van der Waals surface area contributed by atoms with Crippen LogP contribution in [-0.2, 0) is 14.8 Å². The molecular formula is C18H24N2O5S. The third kappa shape index (κ3) is 3.61. The van der Waals surface area contributed by atoms with Crippen LogP contribution in [0.25, 0.3) is 0 Å². The van der Waals surface area contributed by atoms with Crippen LogP contribution in [0.15, 0.2) is 23.1 Å². The Balaban J connectivity index is 1.79. The molecule has 1 aliphatic carbocycles. The van der Waals surface area contributed by atoms with E-state index in [4.69, 9.17) is 0 Å². The Labute approximate surface area is 153 Å². The number of sulfonamides is 1. The van der Waals surface area contributed by atoms with E-state index in [-0.39, 0.29) is 17.0 Å². The van der Waals surface area contributed by atoms with Gasteiger partial charge in [0.25, 0.3) is 5.91 Å². The Morgan fingerprint density at radius 3 is 2.42 bits per heavy atom. The molecule has 1 aromatic rings. The Morgan fingerprint density at radius 1 is 1.19 bits per heavy atom. The number of nitrogens with one attached hydrogen (secondary N) is 1. The number of aryl methyl sites for hydroxylation is 1. The first-order chi connectivity index (χ1) is 12.3. The quantitative estimate of drug-likeness (QED) is 0.783. The van der Waals surface area contributed by atoms with Crippen LogP contribution in [0.1, 0.15) is 48.0 Å². The van der Waals surface area contributed by atoms with Gasteiger partial charge in [-0.05, 0) is 50.3 Å². The summed E-state index contributed by atoms with van der Waals surface area (Å²) in [5, 5.41) is 11.8. The number of nitrogens with zero attached hydrogens (tertiary/aromatic N) is 1. The standard InChI is InChI=1S/C18H24N2O5S/c1-13-5-6-14(16(21)19-12-18(7-8-18)17(22)23)11-15(13)26(24,25)20-9-3-2-4-10-20/h5-6,11H,2-4,7-10,12H2,1H3,(H,19,21)(H,22,23). The minimum Gasteiger partial charge on any atom is -0.481 e. The second-order valence-corrected chi connectivity index (χ2v) is 9.12. The van der Waals surface area contributed by atoms with Gasteiger partial charge in [-0.1, -0.05) is 12.5 Å². The first-order valence-corrected chi connectivity index (χ1v) is 10.3. The number of hydrogen-bond donors (Lipinski definition) is 2. The lowest BCUT2D eigenvalue weighted by Gasteiger charge is -2.26. The molecule has 1 aliphatic heterocycles. The van der Waals surface area contributed by atoms with Crippen molar-refractivity contribution in [2.75, 3.05) is 19.6 Å². The molecule has 7 nitrogen and oxygen atoms in total. The Kier molecular flexibility index (Phi) is 5.07. The highest BCUT2D eigenvalue weighted by molar-refractivity contribution is 7.89. The van der Waals surface area contributed by atoms with E-state index in [1.54, 1.807) is 19.1 Å². The molecule has 0 unspecified atom stereocenters. The summed E-state index contributed by atoms with van der Waals surface area (Å²) in [4.78, 5) is 23.7. The van der Waals surface area contributed by atoms with Crippen molar-refractivity contribution in [1.82, 2.24) is 9.62 Å². The maximum Gasteiger partial charge on any atom is 0.311 e. The van der Waals surface area contributed by atoms with Crippen molar-refractivity contribution in [3.63, 3.8) is 0 Å². The molecule has 1 amide bonds. The summed E-state index contributed by atoms with van der Waals surface area (Å²) in [5.41, 5.74) is -0.0352. The van der Waals surface area contributed by atoms with Gasteiger partial charge in [-0.2, -0.15) is 4.31 Å². The molecule has 0 aromatic heterocycles. The van der Waals surface area contributed by atoms with E-state index in [2.05, 4.69) is 5.32 Å². The normalized spacial score (nSPS) is 19.7. The number of carbonyl (C=O) groups is 2. The van der Waals surface area contributed by atoms with Gasteiger partial charge in [-0.25, -0.2) is 8.42 Å². The average molecular weight is 380 g/mol. The van der Waals surface area contributed by atoms with Gasteiger partial charge in [0.1, 0.15) is 0 Å². The lowest BCUT2D eigenvalue weighted by Crippen LogP contribution is -2.36. The van der Waals surface area contributed by atoms with Crippen LogP contribution in [-0.4, -0.2) is 49.3 Å². The summed E-state index contributed by atoms with van der Waals surface area (Å²) < 4.78 is 27.3. The van der Waals surface area contributed by atoms with Crippen LogP contribution in [0.3, 0.4) is 0 Å². The van der Waals surface area contributed by atoms with Crippen molar-refractivity contribution in [1.29, 1.82) is 0 Å². The van der Waals surface area contributed by atoms with Crippen molar-refractivity contribution in [2.24, 2.45) is 5.41 Å². The summed E-state index contributed by atoms with van der Waals surface area (Å²) in [6, 6.07) is 4.59. The molecule has 1 saturated carbocycles. The largest absolute Gasteiger partial charge is 0.481 e. The summed E-state index contributed by atoms with van der Waals surface area (Å²) in [7, 11) is -3.63. The van der Waals surface area contributed by atoms with Gasteiger partial charge >= 0.3 is 5.97 Å². The SMILES string of the molecule is Cc1ccc(C(=O)NCC2(C(=O)O)CC2)cc1S(=O)(=O)N1CCCCC1. The van der Waals surface area contributed by atoms with Gasteiger partial charge in [-0.15, -0.1) is 0 Å². The van der Waals surface area contributed by atoms with Gasteiger partial charge in [0, 0.05) is 25.2 Å². The van der Waals surface area contributed by atoms with Gasteiger partial charge < -0.3 is 10.4 Å². The monoisotopic (exact) mass is 380 g/mol. The Hall–Kier alpha value is -1.93.